The molecule has 64 heavy (non-hydrogen) atoms. The van der Waals surface area contributed by atoms with Crippen LogP contribution in [0, 0.1) is 11.3 Å². The van der Waals surface area contributed by atoms with Crippen LogP contribution in [-0.2, 0) is 43.2 Å². The number of thiazole rings is 1. The zero-order chi connectivity index (χ0) is 45.6. The average molecular weight is 896 g/mol. The maximum Gasteiger partial charge on any atom is 0.324 e. The van der Waals surface area contributed by atoms with Gasteiger partial charge in [-0.25, -0.2) is 15.2 Å². The first-order valence-corrected chi connectivity index (χ1v) is 23.8. The average Bonchev–Trinajstić information content (AvgIpc) is 3.95. The lowest BCUT2D eigenvalue weighted by atomic mass is 9.84. The molecule has 0 radical (unpaired) electrons. The summed E-state index contributed by atoms with van der Waals surface area (Å²) in [6.45, 7) is 15.0. The number of amides is 4. The Labute approximate surface area is 380 Å². The van der Waals surface area contributed by atoms with E-state index in [1.807, 2.05) is 37.1 Å². The quantitative estimate of drug-likeness (QED) is 0.200. The molecule has 1 aromatic carbocycles. The molecule has 6 atom stereocenters. The van der Waals surface area contributed by atoms with Crippen LogP contribution >= 0.6 is 11.3 Å². The number of fused-ring (bicyclic) bond motifs is 8. The Morgan fingerprint density at radius 2 is 1.86 bits per heavy atom. The number of methoxy groups -OCH3 is 1. The SMILES string of the molecule is CCn1c(-c2cccnc2[C@H](C)OC)c2c3cc(ccc31)-c1csc(n1)C[C@H](NC(=O)[C@H](C(C)C)N(C)C(=O)N1C3CCC1CN(C)C3)C(=O)N1CCC[C@H](N1)C(=O)OCC(C)(C)C2. The van der Waals surface area contributed by atoms with E-state index in [0.29, 0.717) is 37.4 Å². The van der Waals surface area contributed by atoms with Crippen LogP contribution in [0.15, 0.2) is 41.9 Å². The lowest BCUT2D eigenvalue weighted by molar-refractivity contribution is -0.155. The van der Waals surface area contributed by atoms with Gasteiger partial charge in [-0.3, -0.25) is 24.4 Å². The number of nitrogens with one attached hydrogen (secondary N) is 2. The molecular weight excluding hydrogens is 831 g/mol. The first kappa shape index (κ1) is 45.7. The van der Waals surface area contributed by atoms with Gasteiger partial charge in [0.1, 0.15) is 18.1 Å². The van der Waals surface area contributed by atoms with Crippen molar-refractivity contribution in [3.05, 3.63) is 58.2 Å². The van der Waals surface area contributed by atoms with E-state index in [-0.39, 0.29) is 49.1 Å². The molecule has 16 heteroatoms. The number of cyclic esters (lactones) is 1. The second-order valence-corrected chi connectivity index (χ2v) is 20.3. The number of likely N-dealkylation sites (tertiary alicyclic amines) is 1. The van der Waals surface area contributed by atoms with E-state index < -0.39 is 35.4 Å². The fourth-order valence-corrected chi connectivity index (χ4v) is 11.3. The number of nitrogens with zero attached hydrogens (tertiary/aromatic N) is 7. The van der Waals surface area contributed by atoms with E-state index in [9.17, 15) is 19.2 Å². The lowest BCUT2D eigenvalue weighted by Gasteiger charge is -2.43. The molecule has 8 bridgehead atoms. The maximum absolute atomic E-state index is 14.7. The van der Waals surface area contributed by atoms with Crippen molar-refractivity contribution in [2.75, 3.05) is 47.4 Å². The minimum absolute atomic E-state index is 0.104. The predicted octanol–water partition coefficient (Wildman–Crippen LogP) is 6.06. The fourth-order valence-electron chi connectivity index (χ4n) is 10.5. The van der Waals surface area contributed by atoms with Crippen molar-refractivity contribution in [1.82, 2.24) is 45.0 Å². The first-order chi connectivity index (χ1) is 30.6. The molecule has 8 rings (SSSR count). The standard InChI is InChI=1S/C48H65N9O6S/c1-10-55-39-18-15-30-21-34(39)35(43(55)33-13-11-19-49-41(33)29(4)62-9)23-48(5,6)27-63-46(60)36-14-12-20-56(52-36)45(59)37(22-40-50-38(30)26-64-40)51-44(58)42(28(2)3)54(8)47(61)57-31-16-17-32(57)25-53(7)24-31/h11,13,15,18-19,21,26,28-29,31-32,36-37,42,52H,10,12,14,16-17,20,22-25,27H2,1-9H3,(H,51,58)/t29-,31?,32?,36-,37-,42-/m0/s1. The van der Waals surface area contributed by atoms with E-state index in [0.717, 1.165) is 70.6 Å². The van der Waals surface area contributed by atoms with Gasteiger partial charge in [0, 0.05) is 97.9 Å². The van der Waals surface area contributed by atoms with Gasteiger partial charge in [-0.1, -0.05) is 33.8 Å². The van der Waals surface area contributed by atoms with E-state index in [2.05, 4.69) is 72.3 Å². The second kappa shape index (κ2) is 18.5. The number of hydrogen-bond donors (Lipinski definition) is 2. The van der Waals surface area contributed by atoms with E-state index in [1.165, 1.54) is 16.3 Å². The molecule has 0 saturated carbocycles. The number of carbonyl (C=O) groups excluding carboxylic acids is 4. The summed E-state index contributed by atoms with van der Waals surface area (Å²) < 4.78 is 14.3. The number of pyridine rings is 1. The smallest absolute Gasteiger partial charge is 0.324 e. The number of esters is 1. The third-order valence-corrected chi connectivity index (χ3v) is 14.5. The minimum Gasteiger partial charge on any atom is -0.464 e. The van der Waals surface area contributed by atoms with Gasteiger partial charge in [-0.15, -0.1) is 11.3 Å². The number of benzene rings is 1. The van der Waals surface area contributed by atoms with Crippen molar-refractivity contribution in [1.29, 1.82) is 0 Å². The third-order valence-electron chi connectivity index (χ3n) is 13.7. The van der Waals surface area contributed by atoms with Crippen molar-refractivity contribution in [3.8, 4) is 22.5 Å². The van der Waals surface area contributed by atoms with Crippen LogP contribution in [0.25, 0.3) is 33.4 Å². The molecule has 2 N–H and O–H groups in total. The van der Waals surface area contributed by atoms with Gasteiger partial charge in [-0.05, 0) is 88.7 Å². The molecule has 2 unspecified atom stereocenters. The topological polar surface area (TPSA) is 154 Å². The van der Waals surface area contributed by atoms with Crippen molar-refractivity contribution in [2.24, 2.45) is 11.3 Å². The van der Waals surface area contributed by atoms with Gasteiger partial charge in [-0.2, -0.15) is 0 Å². The molecule has 0 spiro atoms. The van der Waals surface area contributed by atoms with Crippen LogP contribution in [0.1, 0.15) is 89.6 Å². The van der Waals surface area contributed by atoms with Gasteiger partial charge in [0.25, 0.3) is 5.91 Å². The number of rotatable bonds is 8. The summed E-state index contributed by atoms with van der Waals surface area (Å²) in [5.74, 6) is -1.47. The zero-order valence-electron chi connectivity index (χ0n) is 38.8. The van der Waals surface area contributed by atoms with Crippen molar-refractivity contribution in [3.63, 3.8) is 0 Å². The van der Waals surface area contributed by atoms with Crippen molar-refractivity contribution >= 4 is 46.1 Å². The Kier molecular flexibility index (Phi) is 13.2. The Morgan fingerprint density at radius 1 is 1.11 bits per heavy atom. The van der Waals surface area contributed by atoms with Crippen LogP contribution in [0.3, 0.4) is 0 Å². The molecule has 4 aliphatic heterocycles. The zero-order valence-corrected chi connectivity index (χ0v) is 39.7. The highest BCUT2D eigenvalue weighted by Crippen LogP contribution is 2.42. The monoisotopic (exact) mass is 895 g/mol. The highest BCUT2D eigenvalue weighted by Gasteiger charge is 2.45. The van der Waals surface area contributed by atoms with Gasteiger partial charge in [0.05, 0.1) is 34.8 Å². The molecule has 3 fully saturated rings. The summed E-state index contributed by atoms with van der Waals surface area (Å²) in [5, 5.41) is 8.28. The number of hydrazine groups is 1. The number of aryl methyl sites for hydroxylation is 1. The Hall–Kier alpha value is -4.90. The minimum atomic E-state index is -1.03. The summed E-state index contributed by atoms with van der Waals surface area (Å²) in [6.07, 6.45) is 5.21. The van der Waals surface area contributed by atoms with E-state index in [4.69, 9.17) is 19.4 Å². The number of aromatic nitrogens is 3. The summed E-state index contributed by atoms with van der Waals surface area (Å²) in [7, 11) is 5.48. The van der Waals surface area contributed by atoms with Crippen molar-refractivity contribution in [2.45, 2.75) is 123 Å². The molecule has 4 aromatic rings. The summed E-state index contributed by atoms with van der Waals surface area (Å²) in [6, 6.07) is 7.91. The number of urea groups is 1. The maximum atomic E-state index is 14.7. The lowest BCUT2D eigenvalue weighted by Crippen LogP contribution is -2.63. The van der Waals surface area contributed by atoms with Crippen LogP contribution in [-0.4, -0.2) is 136 Å². The molecule has 344 valence electrons. The first-order valence-electron chi connectivity index (χ1n) is 22.9. The van der Waals surface area contributed by atoms with Crippen LogP contribution in [0.2, 0.25) is 0 Å². The summed E-state index contributed by atoms with van der Waals surface area (Å²) in [5.41, 5.74) is 9.44. The number of piperazine rings is 1. The Balaban J connectivity index is 1.17. The molecule has 7 heterocycles. The highest BCUT2D eigenvalue weighted by atomic mass is 32.1. The molecule has 0 aliphatic carbocycles. The van der Waals surface area contributed by atoms with Gasteiger partial charge in [0.15, 0.2) is 0 Å². The normalized spacial score (nSPS) is 23.8. The van der Waals surface area contributed by atoms with Crippen LogP contribution in [0.5, 0.6) is 0 Å². The Bertz CT molecular complexity index is 2380. The molecular formula is C48H65N9O6S. The Morgan fingerprint density at radius 3 is 2.56 bits per heavy atom. The summed E-state index contributed by atoms with van der Waals surface area (Å²) >= 11 is 1.44. The number of hydrogen-bond acceptors (Lipinski definition) is 11. The van der Waals surface area contributed by atoms with Gasteiger partial charge in [0.2, 0.25) is 5.91 Å². The van der Waals surface area contributed by atoms with Crippen LogP contribution < -0.4 is 10.7 Å². The number of likely N-dealkylation sites (N-methyl/N-ethyl adjacent to an activating group) is 2. The molecule has 4 amide bonds. The van der Waals surface area contributed by atoms with Crippen LogP contribution in [0.4, 0.5) is 4.79 Å². The van der Waals surface area contributed by atoms with Gasteiger partial charge >= 0.3 is 12.0 Å². The molecule has 3 aromatic heterocycles. The number of carbonyl (C=O) groups is 4. The fraction of sp³-hybridized carbons (Fsp3) is 0.583. The summed E-state index contributed by atoms with van der Waals surface area (Å²) in [4.78, 5) is 73.0. The highest BCUT2D eigenvalue weighted by molar-refractivity contribution is 7.10. The van der Waals surface area contributed by atoms with E-state index >= 15 is 0 Å². The van der Waals surface area contributed by atoms with Crippen molar-refractivity contribution < 1.29 is 28.7 Å². The van der Waals surface area contributed by atoms with E-state index in [1.54, 1.807) is 25.3 Å². The number of ether oxygens (including phenoxy) is 2. The second-order valence-electron chi connectivity index (χ2n) is 19.4. The van der Waals surface area contributed by atoms with Gasteiger partial charge < -0.3 is 34.1 Å². The molecule has 15 nitrogen and oxygen atoms in total. The third kappa shape index (κ3) is 8.90. The molecule has 4 aliphatic rings. The largest absolute Gasteiger partial charge is 0.464 e. The molecule has 3 saturated heterocycles. The predicted molar refractivity (Wildman–Crippen MR) is 247 cm³/mol.